The van der Waals surface area contributed by atoms with E-state index in [1.807, 2.05) is 27.1 Å². The third-order valence-corrected chi connectivity index (χ3v) is 2.74. The molecule has 1 N–H and O–H groups in total. The molecule has 0 saturated carbocycles. The number of esters is 1. The number of aryl methyl sites for hydroxylation is 2. The van der Waals surface area contributed by atoms with Crippen LogP contribution in [0.2, 0.25) is 0 Å². The fourth-order valence-electron chi connectivity index (χ4n) is 1.96. The van der Waals surface area contributed by atoms with E-state index in [0.29, 0.717) is 13.0 Å². The number of carbonyl (C=O) groups is 1. The minimum Gasteiger partial charge on any atom is -0.466 e. The summed E-state index contributed by atoms with van der Waals surface area (Å²) in [6.07, 6.45) is 3.33. The van der Waals surface area contributed by atoms with Gasteiger partial charge in [0, 0.05) is 24.8 Å². The van der Waals surface area contributed by atoms with Crippen LogP contribution in [0.5, 0.6) is 0 Å². The molecule has 0 spiro atoms. The molecule has 1 aromatic heterocycles. The molecule has 18 heavy (non-hydrogen) atoms. The third-order valence-electron chi connectivity index (χ3n) is 2.74. The minimum absolute atomic E-state index is 0.0160. The molecular weight excluding hydrogens is 230 g/mol. The van der Waals surface area contributed by atoms with Crippen LogP contribution in [0, 0.1) is 6.92 Å². The monoisotopic (exact) mass is 253 g/mol. The van der Waals surface area contributed by atoms with Gasteiger partial charge in [0.15, 0.2) is 0 Å². The first-order valence-corrected chi connectivity index (χ1v) is 6.47. The minimum atomic E-state index is -0.172. The molecule has 0 radical (unpaired) electrons. The Labute approximate surface area is 109 Å². The maximum absolute atomic E-state index is 11.6. The number of rotatable bonds is 7. The quantitative estimate of drug-likeness (QED) is 0.752. The topological polar surface area (TPSA) is 56.1 Å². The molecule has 0 saturated heterocycles. The van der Waals surface area contributed by atoms with Gasteiger partial charge in [0.2, 0.25) is 0 Å². The van der Waals surface area contributed by atoms with Crippen molar-refractivity contribution >= 4 is 5.97 Å². The van der Waals surface area contributed by atoms with E-state index in [-0.39, 0.29) is 12.0 Å². The number of aromatic nitrogens is 2. The first-order chi connectivity index (χ1) is 8.58. The van der Waals surface area contributed by atoms with Gasteiger partial charge in [0.05, 0.1) is 18.7 Å². The Hall–Kier alpha value is -1.36. The Morgan fingerprint density at radius 1 is 1.56 bits per heavy atom. The Bertz CT molecular complexity index is 388. The molecule has 0 aliphatic carbocycles. The zero-order chi connectivity index (χ0) is 13.5. The van der Waals surface area contributed by atoms with E-state index in [0.717, 1.165) is 24.2 Å². The van der Waals surface area contributed by atoms with Gasteiger partial charge >= 0.3 is 5.97 Å². The van der Waals surface area contributed by atoms with Gasteiger partial charge in [-0.1, -0.05) is 6.92 Å². The standard InChI is InChI=1S/C13H23N3O2/c1-5-7-14-12(8-13(17)18-6-2)11-9-16(4)15-10(11)3/h9,12,14H,5-8H2,1-4H3. The second-order valence-corrected chi connectivity index (χ2v) is 4.36. The van der Waals surface area contributed by atoms with Crippen molar-refractivity contribution < 1.29 is 9.53 Å². The summed E-state index contributed by atoms with van der Waals surface area (Å²) >= 11 is 0. The molecule has 1 heterocycles. The van der Waals surface area contributed by atoms with Crippen molar-refractivity contribution in [3.63, 3.8) is 0 Å². The van der Waals surface area contributed by atoms with Crippen LogP contribution in [0.25, 0.3) is 0 Å². The van der Waals surface area contributed by atoms with Crippen LogP contribution in [-0.4, -0.2) is 28.9 Å². The van der Waals surface area contributed by atoms with Crippen molar-refractivity contribution in [3.05, 3.63) is 17.5 Å². The maximum Gasteiger partial charge on any atom is 0.307 e. The van der Waals surface area contributed by atoms with Gasteiger partial charge in [-0.25, -0.2) is 0 Å². The number of hydrogen-bond acceptors (Lipinski definition) is 4. The molecule has 0 fully saturated rings. The van der Waals surface area contributed by atoms with E-state index >= 15 is 0 Å². The first-order valence-electron chi connectivity index (χ1n) is 6.47. The number of carbonyl (C=O) groups excluding carboxylic acids is 1. The normalized spacial score (nSPS) is 12.4. The number of nitrogens with one attached hydrogen (secondary N) is 1. The van der Waals surface area contributed by atoms with Crippen LogP contribution < -0.4 is 5.32 Å². The van der Waals surface area contributed by atoms with Crippen molar-refractivity contribution in [2.45, 2.75) is 39.7 Å². The molecule has 1 aromatic rings. The van der Waals surface area contributed by atoms with E-state index in [1.54, 1.807) is 4.68 Å². The Balaban J connectivity index is 2.77. The number of hydrogen-bond donors (Lipinski definition) is 1. The molecule has 0 aliphatic heterocycles. The lowest BCUT2D eigenvalue weighted by molar-refractivity contribution is -0.143. The summed E-state index contributed by atoms with van der Waals surface area (Å²) in [5, 5.41) is 7.69. The summed E-state index contributed by atoms with van der Waals surface area (Å²) < 4.78 is 6.79. The summed E-state index contributed by atoms with van der Waals surface area (Å²) in [5.74, 6) is -0.172. The SMILES string of the molecule is CCCNC(CC(=O)OCC)c1cn(C)nc1C. The average molecular weight is 253 g/mol. The second-order valence-electron chi connectivity index (χ2n) is 4.36. The molecule has 0 amide bonds. The van der Waals surface area contributed by atoms with Gasteiger partial charge in [0.25, 0.3) is 0 Å². The van der Waals surface area contributed by atoms with Crippen molar-refractivity contribution in [2.75, 3.05) is 13.2 Å². The first kappa shape index (κ1) is 14.7. The molecular formula is C13H23N3O2. The van der Waals surface area contributed by atoms with Crippen LogP contribution in [0.3, 0.4) is 0 Å². The predicted molar refractivity (Wildman–Crippen MR) is 70.2 cm³/mol. The van der Waals surface area contributed by atoms with Crippen LogP contribution in [0.4, 0.5) is 0 Å². The highest BCUT2D eigenvalue weighted by atomic mass is 16.5. The average Bonchev–Trinajstić information content (AvgIpc) is 2.64. The van der Waals surface area contributed by atoms with Crippen molar-refractivity contribution in [1.82, 2.24) is 15.1 Å². The fourth-order valence-corrected chi connectivity index (χ4v) is 1.96. The van der Waals surface area contributed by atoms with Crippen LogP contribution in [0.15, 0.2) is 6.20 Å². The molecule has 102 valence electrons. The lowest BCUT2D eigenvalue weighted by Gasteiger charge is -2.17. The highest BCUT2D eigenvalue weighted by Gasteiger charge is 2.19. The van der Waals surface area contributed by atoms with Crippen LogP contribution >= 0.6 is 0 Å². The van der Waals surface area contributed by atoms with Crippen molar-refractivity contribution in [1.29, 1.82) is 0 Å². The van der Waals surface area contributed by atoms with Gasteiger partial charge < -0.3 is 10.1 Å². The van der Waals surface area contributed by atoms with E-state index in [4.69, 9.17) is 4.74 Å². The van der Waals surface area contributed by atoms with E-state index in [2.05, 4.69) is 17.3 Å². The Morgan fingerprint density at radius 2 is 2.28 bits per heavy atom. The Morgan fingerprint density at radius 3 is 2.78 bits per heavy atom. The van der Waals surface area contributed by atoms with Crippen molar-refractivity contribution in [2.24, 2.45) is 7.05 Å². The molecule has 5 nitrogen and oxygen atoms in total. The number of nitrogens with zero attached hydrogens (tertiary/aromatic N) is 2. The molecule has 0 aromatic carbocycles. The maximum atomic E-state index is 11.6. The fraction of sp³-hybridized carbons (Fsp3) is 0.692. The lowest BCUT2D eigenvalue weighted by Crippen LogP contribution is -2.25. The summed E-state index contributed by atoms with van der Waals surface area (Å²) in [5.41, 5.74) is 2.02. The summed E-state index contributed by atoms with van der Waals surface area (Å²) in [6, 6.07) is -0.0160. The lowest BCUT2D eigenvalue weighted by atomic mass is 10.0. The van der Waals surface area contributed by atoms with Gasteiger partial charge in [-0.3, -0.25) is 9.48 Å². The Kier molecular flexibility index (Phi) is 5.85. The van der Waals surface area contributed by atoms with Gasteiger partial charge in [-0.15, -0.1) is 0 Å². The molecule has 1 rings (SSSR count). The molecule has 0 aliphatic rings. The highest BCUT2D eigenvalue weighted by Crippen LogP contribution is 2.20. The predicted octanol–water partition coefficient (Wildman–Crippen LogP) is 1.72. The van der Waals surface area contributed by atoms with Crippen molar-refractivity contribution in [3.8, 4) is 0 Å². The smallest absolute Gasteiger partial charge is 0.307 e. The van der Waals surface area contributed by atoms with Gasteiger partial charge in [-0.05, 0) is 26.8 Å². The van der Waals surface area contributed by atoms with E-state index in [1.165, 1.54) is 0 Å². The molecule has 1 unspecified atom stereocenters. The zero-order valence-electron chi connectivity index (χ0n) is 11.7. The van der Waals surface area contributed by atoms with Gasteiger partial charge in [-0.2, -0.15) is 5.10 Å². The molecule has 0 bridgehead atoms. The summed E-state index contributed by atoms with van der Waals surface area (Å²) in [6.45, 7) is 7.18. The van der Waals surface area contributed by atoms with E-state index < -0.39 is 0 Å². The highest BCUT2D eigenvalue weighted by molar-refractivity contribution is 5.70. The van der Waals surface area contributed by atoms with Gasteiger partial charge in [0.1, 0.15) is 0 Å². The molecule has 5 heteroatoms. The third kappa shape index (κ3) is 4.14. The van der Waals surface area contributed by atoms with Crippen LogP contribution in [-0.2, 0) is 16.6 Å². The number of ether oxygens (including phenoxy) is 1. The van der Waals surface area contributed by atoms with E-state index in [9.17, 15) is 4.79 Å². The summed E-state index contributed by atoms with van der Waals surface area (Å²) in [4.78, 5) is 11.6. The largest absolute Gasteiger partial charge is 0.466 e. The zero-order valence-corrected chi connectivity index (χ0v) is 11.7. The second kappa shape index (κ2) is 7.16. The summed E-state index contributed by atoms with van der Waals surface area (Å²) in [7, 11) is 1.89. The molecule has 1 atom stereocenters. The van der Waals surface area contributed by atoms with Crippen LogP contribution in [0.1, 0.15) is 44.0 Å².